The molecular weight excluding hydrogens is 406 g/mol. The zero-order valence-electron chi connectivity index (χ0n) is 19.6. The monoisotopic (exact) mass is 441 g/mol. The van der Waals surface area contributed by atoms with Crippen LogP contribution in [0.5, 0.6) is 5.75 Å². The minimum absolute atomic E-state index is 0.00443. The highest BCUT2D eigenvalue weighted by Crippen LogP contribution is 2.41. The third-order valence-electron chi connectivity index (χ3n) is 6.92. The summed E-state index contributed by atoms with van der Waals surface area (Å²) in [7, 11) is 0. The largest absolute Gasteiger partial charge is 0.494 e. The summed E-state index contributed by atoms with van der Waals surface area (Å²) in [6.45, 7) is 3.60. The van der Waals surface area contributed by atoms with E-state index in [0.717, 1.165) is 49.2 Å². The van der Waals surface area contributed by atoms with E-state index in [1.54, 1.807) is 0 Å². The van der Waals surface area contributed by atoms with E-state index in [1.165, 1.54) is 18.4 Å². The first-order chi connectivity index (χ1) is 16.2. The standard InChI is InChI=1S/C30H35NO2/c1-2-3-22-33-27-18-16-26(17-19-27)30(20-10-11-21-30)23-31-29(32)28(24-12-6-4-7-13-24)25-14-8-5-9-15-25/h4-9,12-19,28H,2-3,10-11,20-23H2,1H3,(H,31,32). The second-order valence-electron chi connectivity index (χ2n) is 9.19. The van der Waals surface area contributed by atoms with Gasteiger partial charge >= 0.3 is 0 Å². The summed E-state index contributed by atoms with van der Waals surface area (Å²) >= 11 is 0. The van der Waals surface area contributed by atoms with Crippen LogP contribution in [-0.2, 0) is 10.2 Å². The van der Waals surface area contributed by atoms with Crippen LogP contribution in [0.1, 0.15) is 68.1 Å². The van der Waals surface area contributed by atoms with Gasteiger partial charge in [0.2, 0.25) is 5.91 Å². The lowest BCUT2D eigenvalue weighted by atomic mass is 9.78. The van der Waals surface area contributed by atoms with Crippen molar-refractivity contribution in [2.24, 2.45) is 0 Å². The van der Waals surface area contributed by atoms with Crippen LogP contribution in [0.3, 0.4) is 0 Å². The lowest BCUT2D eigenvalue weighted by Crippen LogP contribution is -2.41. The molecule has 0 radical (unpaired) electrons. The number of hydrogen-bond donors (Lipinski definition) is 1. The van der Waals surface area contributed by atoms with Gasteiger partial charge in [0.15, 0.2) is 0 Å². The van der Waals surface area contributed by atoms with Gasteiger partial charge in [0.25, 0.3) is 0 Å². The molecule has 0 bridgehead atoms. The van der Waals surface area contributed by atoms with Crippen molar-refractivity contribution in [3.63, 3.8) is 0 Å². The Morgan fingerprint density at radius 1 is 0.879 bits per heavy atom. The van der Waals surface area contributed by atoms with E-state index >= 15 is 0 Å². The van der Waals surface area contributed by atoms with Crippen LogP contribution in [0, 0.1) is 0 Å². The van der Waals surface area contributed by atoms with Crippen molar-refractivity contribution in [1.82, 2.24) is 5.32 Å². The predicted molar refractivity (Wildman–Crippen MR) is 135 cm³/mol. The van der Waals surface area contributed by atoms with Gasteiger partial charge in [-0.05, 0) is 48.1 Å². The van der Waals surface area contributed by atoms with Crippen LogP contribution in [0.25, 0.3) is 0 Å². The van der Waals surface area contributed by atoms with E-state index < -0.39 is 0 Å². The van der Waals surface area contributed by atoms with Crippen molar-refractivity contribution in [1.29, 1.82) is 0 Å². The Morgan fingerprint density at radius 3 is 2.00 bits per heavy atom. The quantitative estimate of drug-likeness (QED) is 0.359. The number of carbonyl (C=O) groups excluding carboxylic acids is 1. The van der Waals surface area contributed by atoms with Crippen molar-refractivity contribution in [3.05, 3.63) is 102 Å². The molecule has 0 saturated heterocycles. The molecule has 3 heteroatoms. The highest BCUT2D eigenvalue weighted by atomic mass is 16.5. The van der Waals surface area contributed by atoms with Crippen molar-refractivity contribution in [2.75, 3.05) is 13.2 Å². The third kappa shape index (κ3) is 5.65. The molecule has 1 N–H and O–H groups in total. The van der Waals surface area contributed by atoms with Gasteiger partial charge in [-0.15, -0.1) is 0 Å². The van der Waals surface area contributed by atoms with Crippen LogP contribution in [0.2, 0.25) is 0 Å². The molecule has 1 aliphatic rings. The molecule has 33 heavy (non-hydrogen) atoms. The van der Waals surface area contributed by atoms with Crippen LogP contribution in [0.4, 0.5) is 0 Å². The fourth-order valence-corrected chi connectivity index (χ4v) is 5.00. The molecule has 0 atom stereocenters. The summed E-state index contributed by atoms with van der Waals surface area (Å²) in [6, 6.07) is 28.7. The fraction of sp³-hybridized carbons (Fsp3) is 0.367. The first-order valence-corrected chi connectivity index (χ1v) is 12.3. The maximum atomic E-state index is 13.5. The maximum Gasteiger partial charge on any atom is 0.232 e. The predicted octanol–water partition coefficient (Wildman–Crippen LogP) is 6.63. The van der Waals surface area contributed by atoms with Gasteiger partial charge in [-0.25, -0.2) is 0 Å². The first kappa shape index (κ1) is 23.1. The van der Waals surface area contributed by atoms with Crippen molar-refractivity contribution in [3.8, 4) is 5.75 Å². The summed E-state index contributed by atoms with van der Waals surface area (Å²) in [5.41, 5.74) is 3.35. The Kier molecular flexibility index (Phi) is 7.83. The van der Waals surface area contributed by atoms with Gasteiger partial charge < -0.3 is 10.1 Å². The van der Waals surface area contributed by atoms with Gasteiger partial charge in [-0.2, -0.15) is 0 Å². The molecule has 1 saturated carbocycles. The molecule has 0 aliphatic heterocycles. The average molecular weight is 442 g/mol. The Balaban J connectivity index is 1.50. The number of benzene rings is 3. The molecule has 1 amide bonds. The lowest BCUT2D eigenvalue weighted by molar-refractivity contribution is -0.122. The van der Waals surface area contributed by atoms with Gasteiger partial charge in [0.1, 0.15) is 5.75 Å². The summed E-state index contributed by atoms with van der Waals surface area (Å²) in [5.74, 6) is 0.691. The average Bonchev–Trinajstić information content (AvgIpc) is 3.35. The number of unbranched alkanes of at least 4 members (excludes halogenated alkanes) is 1. The van der Waals surface area contributed by atoms with E-state index in [-0.39, 0.29) is 17.2 Å². The molecule has 4 rings (SSSR count). The maximum absolute atomic E-state index is 13.5. The minimum Gasteiger partial charge on any atom is -0.494 e. The number of carbonyl (C=O) groups is 1. The van der Waals surface area contributed by atoms with Gasteiger partial charge in [0, 0.05) is 12.0 Å². The van der Waals surface area contributed by atoms with Crippen LogP contribution in [-0.4, -0.2) is 19.1 Å². The molecule has 0 heterocycles. The topological polar surface area (TPSA) is 38.3 Å². The number of amides is 1. The van der Waals surface area contributed by atoms with Crippen molar-refractivity contribution < 1.29 is 9.53 Å². The molecule has 1 aliphatic carbocycles. The Morgan fingerprint density at radius 2 is 1.45 bits per heavy atom. The molecule has 0 unspecified atom stereocenters. The second kappa shape index (κ2) is 11.2. The highest BCUT2D eigenvalue weighted by molar-refractivity contribution is 5.87. The van der Waals surface area contributed by atoms with Crippen LogP contribution >= 0.6 is 0 Å². The molecular formula is C30H35NO2. The van der Waals surface area contributed by atoms with Gasteiger partial charge in [0.05, 0.1) is 12.5 Å². The molecule has 0 spiro atoms. The van der Waals surface area contributed by atoms with Gasteiger partial charge in [-0.3, -0.25) is 4.79 Å². The lowest BCUT2D eigenvalue weighted by Gasteiger charge is -2.31. The Labute approximate surface area is 198 Å². The van der Waals surface area contributed by atoms with E-state index in [2.05, 4.69) is 36.5 Å². The van der Waals surface area contributed by atoms with E-state index in [1.807, 2.05) is 60.7 Å². The number of rotatable bonds is 10. The first-order valence-electron chi connectivity index (χ1n) is 12.3. The van der Waals surface area contributed by atoms with E-state index in [0.29, 0.717) is 6.54 Å². The van der Waals surface area contributed by atoms with Crippen molar-refractivity contribution in [2.45, 2.75) is 56.8 Å². The molecule has 3 aromatic rings. The minimum atomic E-state index is -0.305. The number of nitrogens with one attached hydrogen (secondary N) is 1. The number of hydrogen-bond acceptors (Lipinski definition) is 2. The van der Waals surface area contributed by atoms with Crippen LogP contribution in [0.15, 0.2) is 84.9 Å². The highest BCUT2D eigenvalue weighted by Gasteiger charge is 2.36. The zero-order valence-corrected chi connectivity index (χ0v) is 19.6. The summed E-state index contributed by atoms with van der Waals surface area (Å²) in [4.78, 5) is 13.5. The molecule has 0 aromatic heterocycles. The second-order valence-corrected chi connectivity index (χ2v) is 9.19. The molecule has 3 nitrogen and oxygen atoms in total. The zero-order chi connectivity index (χ0) is 22.9. The SMILES string of the molecule is CCCCOc1ccc(C2(CNC(=O)C(c3ccccc3)c3ccccc3)CCCC2)cc1. The van der Waals surface area contributed by atoms with Crippen molar-refractivity contribution >= 4 is 5.91 Å². The van der Waals surface area contributed by atoms with E-state index in [4.69, 9.17) is 4.74 Å². The molecule has 3 aromatic carbocycles. The van der Waals surface area contributed by atoms with Gasteiger partial charge in [-0.1, -0.05) is 99.0 Å². The van der Waals surface area contributed by atoms with Crippen LogP contribution < -0.4 is 10.1 Å². The molecule has 1 fully saturated rings. The summed E-state index contributed by atoms with van der Waals surface area (Å²) in [6.07, 6.45) is 6.81. The summed E-state index contributed by atoms with van der Waals surface area (Å²) < 4.78 is 5.85. The third-order valence-corrected chi connectivity index (χ3v) is 6.92. The smallest absolute Gasteiger partial charge is 0.232 e. The Bertz CT molecular complexity index is 953. The van der Waals surface area contributed by atoms with E-state index in [9.17, 15) is 4.79 Å². The normalized spacial score (nSPS) is 14.8. The Hall–Kier alpha value is -3.07. The fourth-order valence-electron chi connectivity index (χ4n) is 5.00. The molecule has 172 valence electrons. The number of ether oxygens (including phenoxy) is 1. The summed E-state index contributed by atoms with van der Waals surface area (Å²) in [5, 5.41) is 3.35.